The maximum Gasteiger partial charge on any atom is 0.236 e. The summed E-state index contributed by atoms with van der Waals surface area (Å²) in [5.74, 6) is 0.0538. The fourth-order valence-corrected chi connectivity index (χ4v) is 2.25. The average Bonchev–Trinajstić information content (AvgIpc) is 2.42. The van der Waals surface area contributed by atoms with Crippen LogP contribution in [0.25, 0.3) is 0 Å². The Balaban J connectivity index is 1.77. The summed E-state index contributed by atoms with van der Waals surface area (Å²) < 4.78 is 0. The first-order chi connectivity index (χ1) is 9.65. The monoisotopic (exact) mass is 276 g/mol. The van der Waals surface area contributed by atoms with Crippen LogP contribution < -0.4 is 5.32 Å². The summed E-state index contributed by atoms with van der Waals surface area (Å²) in [6.45, 7) is 5.31. The summed E-state index contributed by atoms with van der Waals surface area (Å²) in [5.41, 5.74) is 1.12. The molecule has 0 saturated carbocycles. The predicted molar refractivity (Wildman–Crippen MR) is 74.8 cm³/mol. The highest BCUT2D eigenvalue weighted by atomic mass is 16.2. The van der Waals surface area contributed by atoms with Crippen molar-refractivity contribution in [2.24, 2.45) is 0 Å². The summed E-state index contributed by atoms with van der Waals surface area (Å²) in [4.78, 5) is 30.8. The number of amides is 2. The van der Waals surface area contributed by atoms with Gasteiger partial charge in [-0.15, -0.1) is 0 Å². The van der Waals surface area contributed by atoms with Crippen molar-refractivity contribution >= 4 is 11.8 Å². The summed E-state index contributed by atoms with van der Waals surface area (Å²) in [6.07, 6.45) is 3.57. The molecule has 1 aromatic heterocycles. The zero-order valence-electron chi connectivity index (χ0n) is 11.7. The van der Waals surface area contributed by atoms with Gasteiger partial charge in [-0.25, -0.2) is 0 Å². The van der Waals surface area contributed by atoms with Gasteiger partial charge in [0.1, 0.15) is 0 Å². The molecule has 0 aromatic carbocycles. The van der Waals surface area contributed by atoms with Crippen LogP contribution in [0.2, 0.25) is 0 Å². The van der Waals surface area contributed by atoms with Crippen LogP contribution in [0.3, 0.4) is 0 Å². The summed E-state index contributed by atoms with van der Waals surface area (Å²) in [7, 11) is 0. The van der Waals surface area contributed by atoms with E-state index in [1.807, 2.05) is 18.3 Å². The molecule has 0 radical (unpaired) electrons. The highest BCUT2D eigenvalue weighted by Gasteiger charge is 2.23. The van der Waals surface area contributed by atoms with E-state index >= 15 is 0 Å². The summed E-state index contributed by atoms with van der Waals surface area (Å²) >= 11 is 0. The van der Waals surface area contributed by atoms with E-state index in [2.05, 4.69) is 15.2 Å². The van der Waals surface area contributed by atoms with Crippen LogP contribution in [0.4, 0.5) is 0 Å². The zero-order valence-corrected chi connectivity index (χ0v) is 11.7. The fraction of sp³-hybridized carbons (Fsp3) is 0.500. The standard InChI is InChI=1S/C14H20N4O2/c1-12(19)16-5-6-18-8-7-17(11-14(18)20)10-13-3-2-4-15-9-13/h2-4,9H,5-8,10-11H2,1H3,(H,16,19). The minimum Gasteiger partial charge on any atom is -0.355 e. The number of nitrogens with zero attached hydrogens (tertiary/aromatic N) is 3. The molecule has 1 aliphatic rings. The normalized spacial score (nSPS) is 16.2. The van der Waals surface area contributed by atoms with Crippen molar-refractivity contribution in [1.82, 2.24) is 20.1 Å². The number of piperazine rings is 1. The second kappa shape index (κ2) is 7.00. The Hall–Kier alpha value is -1.95. The molecule has 2 rings (SSSR count). The lowest BCUT2D eigenvalue weighted by atomic mass is 10.2. The van der Waals surface area contributed by atoms with Gasteiger partial charge >= 0.3 is 0 Å². The summed E-state index contributed by atoms with van der Waals surface area (Å²) in [5, 5.41) is 2.71. The number of hydrogen-bond donors (Lipinski definition) is 1. The number of carbonyl (C=O) groups excluding carboxylic acids is 2. The molecule has 2 amide bonds. The van der Waals surface area contributed by atoms with E-state index in [9.17, 15) is 9.59 Å². The molecule has 6 nitrogen and oxygen atoms in total. The van der Waals surface area contributed by atoms with Crippen molar-refractivity contribution in [3.63, 3.8) is 0 Å². The molecule has 1 aliphatic heterocycles. The van der Waals surface area contributed by atoms with Gasteiger partial charge in [-0.1, -0.05) is 6.07 Å². The van der Waals surface area contributed by atoms with Gasteiger partial charge in [-0.3, -0.25) is 19.5 Å². The first-order valence-corrected chi connectivity index (χ1v) is 6.78. The maximum atomic E-state index is 12.0. The van der Waals surface area contributed by atoms with Crippen molar-refractivity contribution in [1.29, 1.82) is 0 Å². The molecule has 0 bridgehead atoms. The molecule has 0 unspecified atom stereocenters. The first-order valence-electron chi connectivity index (χ1n) is 6.78. The molecular formula is C14H20N4O2. The van der Waals surface area contributed by atoms with E-state index in [1.54, 1.807) is 11.1 Å². The topological polar surface area (TPSA) is 65.5 Å². The molecule has 0 atom stereocenters. The number of nitrogens with one attached hydrogen (secondary N) is 1. The van der Waals surface area contributed by atoms with E-state index in [0.29, 0.717) is 26.2 Å². The lowest BCUT2D eigenvalue weighted by Crippen LogP contribution is -2.51. The smallest absolute Gasteiger partial charge is 0.236 e. The number of pyridine rings is 1. The molecule has 1 N–H and O–H groups in total. The van der Waals surface area contributed by atoms with Crippen LogP contribution >= 0.6 is 0 Å². The van der Waals surface area contributed by atoms with E-state index in [-0.39, 0.29) is 11.8 Å². The van der Waals surface area contributed by atoms with Crippen LogP contribution in [-0.4, -0.2) is 59.3 Å². The Labute approximate surface area is 118 Å². The minimum absolute atomic E-state index is 0.0623. The third-order valence-corrected chi connectivity index (χ3v) is 3.28. The lowest BCUT2D eigenvalue weighted by molar-refractivity contribution is -0.136. The Morgan fingerprint density at radius 1 is 1.45 bits per heavy atom. The van der Waals surface area contributed by atoms with Gasteiger partial charge in [0.05, 0.1) is 6.54 Å². The van der Waals surface area contributed by atoms with E-state index in [0.717, 1.165) is 18.7 Å². The van der Waals surface area contributed by atoms with Crippen molar-refractivity contribution in [2.45, 2.75) is 13.5 Å². The molecule has 0 spiro atoms. The van der Waals surface area contributed by atoms with Gasteiger partial charge in [0, 0.05) is 52.0 Å². The number of rotatable bonds is 5. The van der Waals surface area contributed by atoms with Crippen LogP contribution in [0.5, 0.6) is 0 Å². The van der Waals surface area contributed by atoms with Gasteiger partial charge in [0.15, 0.2) is 0 Å². The highest BCUT2D eigenvalue weighted by molar-refractivity contribution is 5.79. The molecule has 6 heteroatoms. The summed E-state index contributed by atoms with van der Waals surface area (Å²) in [6, 6.07) is 3.92. The fourth-order valence-electron chi connectivity index (χ4n) is 2.25. The van der Waals surface area contributed by atoms with Crippen molar-refractivity contribution in [3.05, 3.63) is 30.1 Å². The minimum atomic E-state index is -0.0623. The Morgan fingerprint density at radius 3 is 2.95 bits per heavy atom. The van der Waals surface area contributed by atoms with Gasteiger partial charge in [-0.05, 0) is 11.6 Å². The van der Waals surface area contributed by atoms with Crippen molar-refractivity contribution in [3.8, 4) is 0 Å². The van der Waals surface area contributed by atoms with Gasteiger partial charge in [0.2, 0.25) is 11.8 Å². The van der Waals surface area contributed by atoms with Crippen LogP contribution in [0, 0.1) is 0 Å². The van der Waals surface area contributed by atoms with Gasteiger partial charge in [-0.2, -0.15) is 0 Å². The first kappa shape index (κ1) is 14.5. The molecule has 1 aromatic rings. The van der Waals surface area contributed by atoms with Crippen LogP contribution in [0.15, 0.2) is 24.5 Å². The predicted octanol–water partition coefficient (Wildman–Crippen LogP) is -0.138. The third kappa shape index (κ3) is 4.31. The largest absolute Gasteiger partial charge is 0.355 e. The van der Waals surface area contributed by atoms with Crippen molar-refractivity contribution < 1.29 is 9.59 Å². The zero-order chi connectivity index (χ0) is 14.4. The molecule has 108 valence electrons. The molecule has 1 fully saturated rings. The molecule has 2 heterocycles. The second-order valence-corrected chi connectivity index (χ2v) is 4.94. The quantitative estimate of drug-likeness (QED) is 0.813. The maximum absolute atomic E-state index is 12.0. The van der Waals surface area contributed by atoms with Crippen molar-refractivity contribution in [2.75, 3.05) is 32.7 Å². The van der Waals surface area contributed by atoms with E-state index in [4.69, 9.17) is 0 Å². The number of hydrogen-bond acceptors (Lipinski definition) is 4. The molecular weight excluding hydrogens is 256 g/mol. The number of aromatic nitrogens is 1. The van der Waals surface area contributed by atoms with Gasteiger partial charge in [0.25, 0.3) is 0 Å². The Kier molecular flexibility index (Phi) is 5.06. The lowest BCUT2D eigenvalue weighted by Gasteiger charge is -2.34. The highest BCUT2D eigenvalue weighted by Crippen LogP contribution is 2.08. The Morgan fingerprint density at radius 2 is 2.30 bits per heavy atom. The van der Waals surface area contributed by atoms with E-state index in [1.165, 1.54) is 6.92 Å². The second-order valence-electron chi connectivity index (χ2n) is 4.94. The van der Waals surface area contributed by atoms with Crippen LogP contribution in [0.1, 0.15) is 12.5 Å². The van der Waals surface area contributed by atoms with Gasteiger partial charge < -0.3 is 10.2 Å². The van der Waals surface area contributed by atoms with E-state index < -0.39 is 0 Å². The van der Waals surface area contributed by atoms with Crippen LogP contribution in [-0.2, 0) is 16.1 Å². The third-order valence-electron chi connectivity index (χ3n) is 3.28. The number of carbonyl (C=O) groups is 2. The average molecular weight is 276 g/mol. The molecule has 0 aliphatic carbocycles. The molecule has 20 heavy (non-hydrogen) atoms. The SMILES string of the molecule is CC(=O)NCCN1CCN(Cc2cccnc2)CC1=O. The molecule has 1 saturated heterocycles. The Bertz CT molecular complexity index is 464.